The minimum Gasteiger partial charge on any atom is -0.385 e. The number of benzene rings is 2. The summed E-state index contributed by atoms with van der Waals surface area (Å²) in [6.45, 7) is 5.51. The maximum absolute atomic E-state index is 13.4. The number of fused-ring (bicyclic) bond motifs is 1. The number of rotatable bonds is 4. The number of amides is 1. The lowest BCUT2D eigenvalue weighted by molar-refractivity contribution is -0.143. The Labute approximate surface area is 202 Å². The van der Waals surface area contributed by atoms with Crippen LogP contribution in [-0.2, 0) is 23.7 Å². The third-order valence-electron chi connectivity index (χ3n) is 6.13. The summed E-state index contributed by atoms with van der Waals surface area (Å²) in [5.41, 5.74) is -1.47. The number of hydrogen-bond donors (Lipinski definition) is 1. The zero-order valence-electron chi connectivity index (χ0n) is 18.8. The first-order valence-electron chi connectivity index (χ1n) is 10.8. The first-order chi connectivity index (χ1) is 15.7. The van der Waals surface area contributed by atoms with Crippen molar-refractivity contribution in [3.63, 3.8) is 0 Å². The molecule has 2 atom stereocenters. The summed E-state index contributed by atoms with van der Waals surface area (Å²) < 4.78 is 81.1. The molecule has 0 spiro atoms. The smallest absolute Gasteiger partial charge is 0.385 e. The lowest BCUT2D eigenvalue weighted by Gasteiger charge is -2.38. The number of nitrogens with one attached hydrogen (secondary N) is 1. The summed E-state index contributed by atoms with van der Waals surface area (Å²) in [6.07, 6.45) is -9.24. The van der Waals surface area contributed by atoms with Gasteiger partial charge in [-0.05, 0) is 65.8 Å². The zero-order chi connectivity index (χ0) is 25.4. The van der Waals surface area contributed by atoms with Crippen molar-refractivity contribution >= 4 is 27.5 Å². The van der Waals surface area contributed by atoms with Crippen LogP contribution in [0.2, 0.25) is 0 Å². The lowest BCUT2D eigenvalue weighted by atomic mass is 9.81. The van der Waals surface area contributed by atoms with Crippen LogP contribution >= 0.6 is 15.9 Å². The number of carbonyl (C=O) groups is 1. The highest BCUT2D eigenvalue weighted by atomic mass is 79.9. The summed E-state index contributed by atoms with van der Waals surface area (Å²) in [7, 11) is 0. The molecule has 0 bridgehead atoms. The minimum atomic E-state index is -4.96. The standard InChI is InChI=1S/C24H25BrF6N2O/c1-13(2)19-6-7-32-21-5-4-18(25)11-20(21)22(19)33(14(3)34)12-15-8-16(23(26,27)28)10-17(9-15)24(29,30)31/h4-5,8-11,13,19,22,32H,6-7,12H2,1-3H3. The fourth-order valence-corrected chi connectivity index (χ4v) is 4.89. The second-order valence-corrected chi connectivity index (χ2v) is 9.78. The van der Waals surface area contributed by atoms with Gasteiger partial charge in [-0.25, -0.2) is 0 Å². The third kappa shape index (κ3) is 5.87. The molecular formula is C24H25BrF6N2O. The molecule has 0 fully saturated rings. The van der Waals surface area contributed by atoms with E-state index >= 15 is 0 Å². The molecule has 1 aliphatic heterocycles. The number of halogens is 7. The molecule has 3 nitrogen and oxygen atoms in total. The fourth-order valence-electron chi connectivity index (χ4n) is 4.51. The molecule has 34 heavy (non-hydrogen) atoms. The Morgan fingerprint density at radius 3 is 2.15 bits per heavy atom. The normalized spacial score (nSPS) is 18.8. The van der Waals surface area contributed by atoms with Gasteiger partial charge in [0.15, 0.2) is 0 Å². The van der Waals surface area contributed by atoms with Gasteiger partial charge in [-0.15, -0.1) is 0 Å². The van der Waals surface area contributed by atoms with Gasteiger partial charge in [0.05, 0.1) is 17.2 Å². The Hall–Kier alpha value is -2.23. The van der Waals surface area contributed by atoms with E-state index in [-0.39, 0.29) is 30.0 Å². The van der Waals surface area contributed by atoms with Crippen LogP contribution < -0.4 is 5.32 Å². The van der Waals surface area contributed by atoms with E-state index in [1.807, 2.05) is 32.0 Å². The van der Waals surface area contributed by atoms with Gasteiger partial charge in [-0.1, -0.05) is 29.8 Å². The Kier molecular flexibility index (Phi) is 7.60. The predicted octanol–water partition coefficient (Wildman–Crippen LogP) is 7.66. The van der Waals surface area contributed by atoms with Crippen molar-refractivity contribution in [2.75, 3.05) is 11.9 Å². The Bertz CT molecular complexity index is 1020. The molecule has 0 radical (unpaired) electrons. The maximum atomic E-state index is 13.4. The molecule has 1 aliphatic rings. The fraction of sp³-hybridized carbons (Fsp3) is 0.458. The highest BCUT2D eigenvalue weighted by molar-refractivity contribution is 9.10. The first-order valence-corrected chi connectivity index (χ1v) is 11.6. The topological polar surface area (TPSA) is 32.3 Å². The second kappa shape index (κ2) is 9.79. The molecule has 2 aromatic carbocycles. The summed E-state index contributed by atoms with van der Waals surface area (Å²) >= 11 is 3.43. The monoisotopic (exact) mass is 550 g/mol. The maximum Gasteiger partial charge on any atom is 0.416 e. The molecule has 1 N–H and O–H groups in total. The van der Waals surface area contributed by atoms with Gasteiger partial charge in [0.1, 0.15) is 0 Å². The van der Waals surface area contributed by atoms with E-state index in [9.17, 15) is 31.1 Å². The van der Waals surface area contributed by atoms with Gasteiger partial charge in [0, 0.05) is 30.2 Å². The lowest BCUT2D eigenvalue weighted by Crippen LogP contribution is -2.38. The van der Waals surface area contributed by atoms with Crippen LogP contribution in [0.3, 0.4) is 0 Å². The van der Waals surface area contributed by atoms with E-state index in [4.69, 9.17) is 0 Å². The molecule has 2 unspecified atom stereocenters. The highest BCUT2D eigenvalue weighted by Gasteiger charge is 2.39. The van der Waals surface area contributed by atoms with Gasteiger partial charge in [0.2, 0.25) is 5.91 Å². The van der Waals surface area contributed by atoms with Crippen molar-refractivity contribution in [3.8, 4) is 0 Å². The summed E-state index contributed by atoms with van der Waals surface area (Å²) in [4.78, 5) is 14.2. The van der Waals surface area contributed by atoms with Crippen molar-refractivity contribution in [2.24, 2.45) is 11.8 Å². The molecule has 0 aliphatic carbocycles. The van der Waals surface area contributed by atoms with Crippen LogP contribution in [0.1, 0.15) is 55.5 Å². The number of alkyl halides is 6. The van der Waals surface area contributed by atoms with Gasteiger partial charge in [-0.2, -0.15) is 26.3 Å². The van der Waals surface area contributed by atoms with Crippen molar-refractivity contribution in [2.45, 2.75) is 52.1 Å². The van der Waals surface area contributed by atoms with Crippen molar-refractivity contribution in [3.05, 3.63) is 63.1 Å². The molecule has 1 heterocycles. The van der Waals surface area contributed by atoms with Crippen LogP contribution in [0.4, 0.5) is 32.0 Å². The van der Waals surface area contributed by atoms with E-state index in [1.165, 1.54) is 11.8 Å². The Morgan fingerprint density at radius 2 is 1.65 bits per heavy atom. The van der Waals surface area contributed by atoms with E-state index in [0.29, 0.717) is 25.1 Å². The summed E-state index contributed by atoms with van der Waals surface area (Å²) in [5.74, 6) is -0.403. The predicted molar refractivity (Wildman–Crippen MR) is 121 cm³/mol. The van der Waals surface area contributed by atoms with E-state index in [1.54, 1.807) is 0 Å². The molecule has 2 aromatic rings. The average molecular weight is 551 g/mol. The molecule has 3 rings (SSSR count). The van der Waals surface area contributed by atoms with E-state index < -0.39 is 35.4 Å². The van der Waals surface area contributed by atoms with E-state index in [2.05, 4.69) is 21.2 Å². The number of hydrogen-bond acceptors (Lipinski definition) is 2. The average Bonchev–Trinajstić information content (AvgIpc) is 2.89. The summed E-state index contributed by atoms with van der Waals surface area (Å²) in [6, 6.07) is 6.46. The van der Waals surface area contributed by atoms with Gasteiger partial charge >= 0.3 is 12.4 Å². The molecule has 1 amide bonds. The third-order valence-corrected chi connectivity index (χ3v) is 6.62. The minimum absolute atomic E-state index is 0.0696. The SMILES string of the molecule is CC(=O)N(Cc1cc(C(F)(F)F)cc(C(F)(F)F)c1)C1c2cc(Br)ccc2NCCC1C(C)C. The molecular weight excluding hydrogens is 526 g/mol. The molecule has 0 saturated carbocycles. The largest absolute Gasteiger partial charge is 0.416 e. The van der Waals surface area contributed by atoms with Crippen molar-refractivity contribution in [1.82, 2.24) is 4.90 Å². The van der Waals surface area contributed by atoms with Crippen LogP contribution in [-0.4, -0.2) is 17.4 Å². The van der Waals surface area contributed by atoms with Crippen LogP contribution in [0.25, 0.3) is 0 Å². The van der Waals surface area contributed by atoms with E-state index in [0.717, 1.165) is 15.7 Å². The van der Waals surface area contributed by atoms with Crippen LogP contribution in [0.15, 0.2) is 40.9 Å². The number of anilines is 1. The molecule has 186 valence electrons. The van der Waals surface area contributed by atoms with Crippen molar-refractivity contribution in [1.29, 1.82) is 0 Å². The highest BCUT2D eigenvalue weighted by Crippen LogP contribution is 2.44. The second-order valence-electron chi connectivity index (χ2n) is 8.86. The number of nitrogens with zero attached hydrogens (tertiary/aromatic N) is 1. The van der Waals surface area contributed by atoms with Gasteiger partial charge in [0.25, 0.3) is 0 Å². The van der Waals surface area contributed by atoms with Crippen LogP contribution in [0.5, 0.6) is 0 Å². The molecule has 10 heteroatoms. The molecule has 0 aromatic heterocycles. The van der Waals surface area contributed by atoms with Crippen LogP contribution in [0, 0.1) is 11.8 Å². The quantitative estimate of drug-likeness (QED) is 0.396. The Balaban J connectivity index is 2.15. The first kappa shape index (κ1) is 26.4. The van der Waals surface area contributed by atoms with Gasteiger partial charge < -0.3 is 10.2 Å². The van der Waals surface area contributed by atoms with Crippen molar-refractivity contribution < 1.29 is 31.1 Å². The van der Waals surface area contributed by atoms with Gasteiger partial charge in [-0.3, -0.25) is 4.79 Å². The summed E-state index contributed by atoms with van der Waals surface area (Å²) in [5, 5.41) is 3.33. The Morgan fingerprint density at radius 1 is 1.06 bits per heavy atom. The molecule has 0 saturated heterocycles. The number of carbonyl (C=O) groups excluding carboxylic acids is 1. The zero-order valence-corrected chi connectivity index (χ0v) is 20.4.